The topological polar surface area (TPSA) is 76.0 Å². The third-order valence-corrected chi connectivity index (χ3v) is 3.45. The van der Waals surface area contributed by atoms with E-state index in [4.69, 9.17) is 4.74 Å². The average molecular weight is 308 g/mol. The fourth-order valence-corrected chi connectivity index (χ4v) is 2.31. The number of esters is 1. The van der Waals surface area contributed by atoms with E-state index in [9.17, 15) is 14.4 Å². The molecule has 0 unspecified atom stereocenters. The smallest absolute Gasteiger partial charge is 0.338 e. The van der Waals surface area contributed by atoms with E-state index >= 15 is 0 Å². The molecule has 0 saturated heterocycles. The number of fused-ring (bicyclic) bond motifs is 1. The number of amides is 2. The van der Waals surface area contributed by atoms with E-state index in [1.165, 1.54) is 13.3 Å². The largest absolute Gasteiger partial charge is 0.465 e. The first kappa shape index (κ1) is 14.6. The zero-order valence-electron chi connectivity index (χ0n) is 12.2. The molecule has 1 aliphatic rings. The number of hydrogen-bond acceptors (Lipinski definition) is 5. The molecule has 0 N–H and O–H groups in total. The Balaban J connectivity index is 1.92. The molecule has 0 aromatic heterocycles. The summed E-state index contributed by atoms with van der Waals surface area (Å²) in [4.78, 5) is 36.1. The Morgan fingerprint density at radius 3 is 2.17 bits per heavy atom. The van der Waals surface area contributed by atoms with Crippen molar-refractivity contribution in [3.05, 3.63) is 70.8 Å². The molecule has 6 heteroatoms. The van der Waals surface area contributed by atoms with E-state index in [1.807, 2.05) is 0 Å². The van der Waals surface area contributed by atoms with Crippen LogP contribution in [0.2, 0.25) is 0 Å². The molecule has 0 saturated carbocycles. The van der Waals surface area contributed by atoms with E-state index in [-0.39, 0.29) is 0 Å². The summed E-state index contributed by atoms with van der Waals surface area (Å²) in [6.07, 6.45) is 1.30. The number of carbonyl (C=O) groups is 3. The predicted octanol–water partition coefficient (Wildman–Crippen LogP) is 2.10. The van der Waals surface area contributed by atoms with Gasteiger partial charge in [0.2, 0.25) is 0 Å². The Morgan fingerprint density at radius 1 is 1.00 bits per heavy atom. The Bertz CT molecular complexity index is 807. The van der Waals surface area contributed by atoms with Gasteiger partial charge in [-0.3, -0.25) is 9.59 Å². The molecule has 6 nitrogen and oxygen atoms in total. The van der Waals surface area contributed by atoms with Crippen molar-refractivity contribution in [1.82, 2.24) is 5.01 Å². The number of benzene rings is 2. The first-order chi connectivity index (χ1) is 11.1. The third-order valence-electron chi connectivity index (χ3n) is 3.45. The van der Waals surface area contributed by atoms with Crippen molar-refractivity contribution < 1.29 is 19.1 Å². The van der Waals surface area contributed by atoms with Gasteiger partial charge in [-0.25, -0.2) is 4.79 Å². The lowest BCUT2D eigenvalue weighted by molar-refractivity contribution is 0.0599. The first-order valence-corrected chi connectivity index (χ1v) is 6.82. The van der Waals surface area contributed by atoms with Crippen molar-refractivity contribution in [2.45, 2.75) is 0 Å². The number of hydrazone groups is 1. The van der Waals surface area contributed by atoms with Gasteiger partial charge in [0.15, 0.2) is 0 Å². The Morgan fingerprint density at radius 2 is 1.57 bits per heavy atom. The van der Waals surface area contributed by atoms with Gasteiger partial charge in [0, 0.05) is 5.56 Å². The number of nitrogens with zero attached hydrogens (tertiary/aromatic N) is 2. The van der Waals surface area contributed by atoms with Gasteiger partial charge < -0.3 is 4.74 Å². The third kappa shape index (κ3) is 2.50. The van der Waals surface area contributed by atoms with Gasteiger partial charge in [0.25, 0.3) is 11.8 Å². The van der Waals surface area contributed by atoms with Gasteiger partial charge in [-0.15, -0.1) is 0 Å². The molecule has 0 radical (unpaired) electrons. The SMILES string of the molecule is COC(=O)c1ccccc1/C=N\N1C(=O)c2ccccc2C1=O. The molecule has 0 atom stereocenters. The summed E-state index contributed by atoms with van der Waals surface area (Å²) in [5.41, 5.74) is 1.39. The van der Waals surface area contributed by atoms with E-state index in [1.54, 1.807) is 48.5 Å². The monoisotopic (exact) mass is 308 g/mol. The van der Waals surface area contributed by atoms with Gasteiger partial charge >= 0.3 is 5.97 Å². The second-order valence-electron chi connectivity index (χ2n) is 4.79. The van der Waals surface area contributed by atoms with Crippen LogP contribution in [0.25, 0.3) is 0 Å². The standard InChI is InChI=1S/C17H12N2O4/c1-23-17(22)12-7-3-2-6-11(12)10-18-19-15(20)13-8-4-5-9-14(13)16(19)21/h2-10H,1H3/b18-10-. The maximum atomic E-state index is 12.2. The molecular formula is C17H12N2O4. The molecule has 0 bridgehead atoms. The summed E-state index contributed by atoms with van der Waals surface area (Å²) in [5.74, 6) is -1.50. The van der Waals surface area contributed by atoms with E-state index in [0.29, 0.717) is 22.3 Å². The summed E-state index contributed by atoms with van der Waals surface area (Å²) in [5, 5.41) is 4.74. The number of hydrogen-bond donors (Lipinski definition) is 0. The molecule has 0 fully saturated rings. The van der Waals surface area contributed by atoms with Crippen LogP contribution in [0.5, 0.6) is 0 Å². The first-order valence-electron chi connectivity index (χ1n) is 6.82. The number of imide groups is 1. The van der Waals surface area contributed by atoms with Crippen molar-refractivity contribution in [3.63, 3.8) is 0 Å². The second-order valence-corrected chi connectivity index (χ2v) is 4.79. The van der Waals surface area contributed by atoms with Crippen LogP contribution in [0, 0.1) is 0 Å². The molecule has 0 spiro atoms. The normalized spacial score (nSPS) is 13.5. The van der Waals surface area contributed by atoms with Crippen LogP contribution in [0.15, 0.2) is 53.6 Å². The molecule has 2 aromatic carbocycles. The Labute approximate surface area is 132 Å². The fraction of sp³-hybridized carbons (Fsp3) is 0.0588. The quantitative estimate of drug-likeness (QED) is 0.494. The van der Waals surface area contributed by atoms with Crippen LogP contribution in [-0.2, 0) is 4.74 Å². The van der Waals surface area contributed by atoms with Gasteiger partial charge in [-0.05, 0) is 18.2 Å². The Hall–Kier alpha value is -3.28. The molecule has 3 rings (SSSR count). The number of carbonyl (C=O) groups excluding carboxylic acids is 3. The predicted molar refractivity (Wildman–Crippen MR) is 82.3 cm³/mol. The Kier molecular flexibility index (Phi) is 3.72. The molecule has 1 heterocycles. The summed E-state index contributed by atoms with van der Waals surface area (Å²) in [6.45, 7) is 0. The van der Waals surface area contributed by atoms with Crippen LogP contribution in [0.3, 0.4) is 0 Å². The minimum Gasteiger partial charge on any atom is -0.465 e. The minimum atomic E-state index is -0.519. The number of methoxy groups -OCH3 is 1. The van der Waals surface area contributed by atoms with Crippen molar-refractivity contribution in [1.29, 1.82) is 0 Å². The highest BCUT2D eigenvalue weighted by molar-refractivity contribution is 6.21. The lowest BCUT2D eigenvalue weighted by Gasteiger charge is -2.07. The zero-order valence-corrected chi connectivity index (χ0v) is 12.2. The second kappa shape index (κ2) is 5.84. The molecule has 23 heavy (non-hydrogen) atoms. The maximum absolute atomic E-state index is 12.2. The highest BCUT2D eigenvalue weighted by atomic mass is 16.5. The highest BCUT2D eigenvalue weighted by Crippen LogP contribution is 2.22. The van der Waals surface area contributed by atoms with Crippen LogP contribution in [-0.4, -0.2) is 36.1 Å². The molecular weight excluding hydrogens is 296 g/mol. The van der Waals surface area contributed by atoms with Gasteiger partial charge in [-0.2, -0.15) is 10.1 Å². The van der Waals surface area contributed by atoms with Crippen LogP contribution in [0.1, 0.15) is 36.6 Å². The molecule has 2 aromatic rings. The average Bonchev–Trinajstić information content (AvgIpc) is 2.84. The van der Waals surface area contributed by atoms with Gasteiger partial charge in [0.05, 0.1) is 30.0 Å². The lowest BCUT2D eigenvalue weighted by atomic mass is 10.1. The van der Waals surface area contributed by atoms with Crippen LogP contribution >= 0.6 is 0 Å². The van der Waals surface area contributed by atoms with E-state index < -0.39 is 17.8 Å². The summed E-state index contributed by atoms with van der Waals surface area (Å²) in [7, 11) is 1.28. The maximum Gasteiger partial charge on any atom is 0.338 e. The highest BCUT2D eigenvalue weighted by Gasteiger charge is 2.35. The van der Waals surface area contributed by atoms with Crippen molar-refractivity contribution in [3.8, 4) is 0 Å². The lowest BCUT2D eigenvalue weighted by Crippen LogP contribution is -2.24. The number of rotatable bonds is 3. The van der Waals surface area contributed by atoms with E-state index in [0.717, 1.165) is 5.01 Å². The minimum absolute atomic E-state index is 0.301. The molecule has 114 valence electrons. The molecule has 1 aliphatic heterocycles. The van der Waals surface area contributed by atoms with Gasteiger partial charge in [-0.1, -0.05) is 30.3 Å². The summed E-state index contributed by atoms with van der Waals surface area (Å²) >= 11 is 0. The fourth-order valence-electron chi connectivity index (χ4n) is 2.31. The van der Waals surface area contributed by atoms with E-state index in [2.05, 4.69) is 5.10 Å². The van der Waals surface area contributed by atoms with Crippen LogP contribution < -0.4 is 0 Å². The molecule has 2 amide bonds. The summed E-state index contributed by atoms with van der Waals surface area (Å²) in [6, 6.07) is 13.2. The van der Waals surface area contributed by atoms with Crippen LogP contribution in [0.4, 0.5) is 0 Å². The van der Waals surface area contributed by atoms with Crippen molar-refractivity contribution >= 4 is 24.0 Å². The van der Waals surface area contributed by atoms with Crippen molar-refractivity contribution in [2.75, 3.05) is 7.11 Å². The number of ether oxygens (including phenoxy) is 1. The van der Waals surface area contributed by atoms with Crippen molar-refractivity contribution in [2.24, 2.45) is 5.10 Å². The van der Waals surface area contributed by atoms with Gasteiger partial charge in [0.1, 0.15) is 0 Å². The molecule has 0 aliphatic carbocycles. The summed E-state index contributed by atoms with van der Waals surface area (Å²) < 4.78 is 4.69. The zero-order chi connectivity index (χ0) is 16.4.